The number of carbonyl (C=O) groups is 1. The average molecular weight is 397 g/mol. The van der Waals surface area contributed by atoms with Gasteiger partial charge in [0.1, 0.15) is 0 Å². The summed E-state index contributed by atoms with van der Waals surface area (Å²) in [6.07, 6.45) is 27.0. The summed E-state index contributed by atoms with van der Waals surface area (Å²) in [5.74, 6) is 0.0153. The van der Waals surface area contributed by atoms with Crippen molar-refractivity contribution in [1.82, 2.24) is 0 Å². The van der Waals surface area contributed by atoms with Gasteiger partial charge in [0.2, 0.25) is 0 Å². The first-order valence-electron chi connectivity index (χ1n) is 12.9. The zero-order valence-corrected chi connectivity index (χ0v) is 19.7. The number of hydrogen-bond acceptors (Lipinski definition) is 2. The molecule has 1 atom stereocenters. The van der Waals surface area contributed by atoms with Crippen molar-refractivity contribution >= 4 is 5.97 Å². The van der Waals surface area contributed by atoms with Crippen molar-refractivity contribution in [2.24, 2.45) is 0 Å². The van der Waals surface area contributed by atoms with E-state index < -0.39 is 0 Å². The molecule has 0 rings (SSSR count). The monoisotopic (exact) mass is 396 g/mol. The van der Waals surface area contributed by atoms with Gasteiger partial charge in [-0.1, -0.05) is 123 Å². The van der Waals surface area contributed by atoms with Gasteiger partial charge in [0.25, 0.3) is 0 Å². The maximum Gasteiger partial charge on any atom is 0.306 e. The average Bonchev–Trinajstić information content (AvgIpc) is 2.68. The predicted molar refractivity (Wildman–Crippen MR) is 124 cm³/mol. The largest absolute Gasteiger partial charge is 0.463 e. The molecule has 0 heterocycles. The molecule has 0 radical (unpaired) electrons. The molecule has 28 heavy (non-hydrogen) atoms. The Kier molecular flexibility index (Phi) is 22.3. The molecule has 0 saturated carbocycles. The summed E-state index contributed by atoms with van der Waals surface area (Å²) < 4.78 is 5.55. The second-order valence-electron chi connectivity index (χ2n) is 8.85. The molecule has 0 N–H and O–H groups in total. The third kappa shape index (κ3) is 21.8. The van der Waals surface area contributed by atoms with E-state index in [1.807, 2.05) is 6.92 Å². The maximum atomic E-state index is 11.9. The van der Waals surface area contributed by atoms with Gasteiger partial charge in [0.15, 0.2) is 0 Å². The van der Waals surface area contributed by atoms with Crippen LogP contribution >= 0.6 is 0 Å². The molecule has 0 aliphatic heterocycles. The van der Waals surface area contributed by atoms with E-state index in [1.54, 1.807) is 0 Å². The van der Waals surface area contributed by atoms with Gasteiger partial charge < -0.3 is 4.74 Å². The zero-order valence-electron chi connectivity index (χ0n) is 19.7. The first-order chi connectivity index (χ1) is 13.7. The van der Waals surface area contributed by atoms with Crippen molar-refractivity contribution in [1.29, 1.82) is 0 Å². The van der Waals surface area contributed by atoms with Gasteiger partial charge in [-0.2, -0.15) is 0 Å². The summed E-state index contributed by atoms with van der Waals surface area (Å²) in [6.45, 7) is 6.58. The lowest BCUT2D eigenvalue weighted by Crippen LogP contribution is -2.14. The number of hydrogen-bond donors (Lipinski definition) is 0. The standard InChI is InChI=1S/C26H52O2/c1-4-6-8-10-12-13-14-15-16-17-18-20-22-24-26(27)28-25(3)23-21-19-11-9-7-5-2/h25H,4-24H2,1-3H3. The molecule has 0 saturated heterocycles. The molecule has 0 aromatic heterocycles. The van der Waals surface area contributed by atoms with Crippen LogP contribution in [0.25, 0.3) is 0 Å². The Bertz CT molecular complexity index is 314. The second kappa shape index (κ2) is 22.8. The van der Waals surface area contributed by atoms with E-state index in [-0.39, 0.29) is 12.1 Å². The maximum absolute atomic E-state index is 11.9. The molecule has 0 spiro atoms. The second-order valence-corrected chi connectivity index (χ2v) is 8.85. The van der Waals surface area contributed by atoms with Crippen molar-refractivity contribution in [2.75, 3.05) is 0 Å². The molecule has 0 fully saturated rings. The molecule has 2 heteroatoms. The van der Waals surface area contributed by atoms with Gasteiger partial charge in [0, 0.05) is 6.42 Å². The van der Waals surface area contributed by atoms with E-state index in [2.05, 4.69) is 13.8 Å². The van der Waals surface area contributed by atoms with Crippen LogP contribution in [0.1, 0.15) is 156 Å². The lowest BCUT2D eigenvalue weighted by molar-refractivity contribution is -0.148. The molecule has 2 nitrogen and oxygen atoms in total. The zero-order chi connectivity index (χ0) is 20.7. The molecule has 168 valence electrons. The molecule has 0 bridgehead atoms. The van der Waals surface area contributed by atoms with Crippen LogP contribution in [0.2, 0.25) is 0 Å². The lowest BCUT2D eigenvalue weighted by atomic mass is 10.0. The predicted octanol–water partition coefficient (Wildman–Crippen LogP) is 9.15. The highest BCUT2D eigenvalue weighted by Gasteiger charge is 2.09. The Morgan fingerprint density at radius 3 is 1.36 bits per heavy atom. The number of carbonyl (C=O) groups excluding carboxylic acids is 1. The fraction of sp³-hybridized carbons (Fsp3) is 0.962. The molecular weight excluding hydrogens is 344 g/mol. The summed E-state index contributed by atoms with van der Waals surface area (Å²) in [4.78, 5) is 11.9. The van der Waals surface area contributed by atoms with Crippen LogP contribution in [-0.4, -0.2) is 12.1 Å². The fourth-order valence-corrected chi connectivity index (χ4v) is 3.84. The van der Waals surface area contributed by atoms with Gasteiger partial charge in [-0.25, -0.2) is 0 Å². The molecule has 1 unspecified atom stereocenters. The summed E-state index contributed by atoms with van der Waals surface area (Å²) >= 11 is 0. The minimum Gasteiger partial charge on any atom is -0.463 e. The van der Waals surface area contributed by atoms with Gasteiger partial charge in [-0.3, -0.25) is 4.79 Å². The molecule has 0 aromatic carbocycles. The SMILES string of the molecule is CCCCCCCCCCCCCCCC(=O)OC(C)CCCCCCCC. The Hall–Kier alpha value is -0.530. The van der Waals surface area contributed by atoms with Crippen molar-refractivity contribution in [3.63, 3.8) is 0 Å². The topological polar surface area (TPSA) is 26.3 Å². The van der Waals surface area contributed by atoms with E-state index in [4.69, 9.17) is 4.74 Å². The van der Waals surface area contributed by atoms with Crippen LogP contribution in [0.15, 0.2) is 0 Å². The number of rotatable bonds is 22. The van der Waals surface area contributed by atoms with E-state index in [0.29, 0.717) is 6.42 Å². The van der Waals surface area contributed by atoms with Crippen LogP contribution in [0, 0.1) is 0 Å². The van der Waals surface area contributed by atoms with Crippen molar-refractivity contribution < 1.29 is 9.53 Å². The molecular formula is C26H52O2. The highest BCUT2D eigenvalue weighted by molar-refractivity contribution is 5.69. The van der Waals surface area contributed by atoms with Gasteiger partial charge >= 0.3 is 5.97 Å². The first-order valence-corrected chi connectivity index (χ1v) is 12.9. The summed E-state index contributed by atoms with van der Waals surface area (Å²) in [7, 11) is 0. The molecule has 0 aliphatic carbocycles. The third-order valence-electron chi connectivity index (χ3n) is 5.78. The van der Waals surface area contributed by atoms with E-state index in [1.165, 1.54) is 116 Å². The van der Waals surface area contributed by atoms with E-state index in [0.717, 1.165) is 12.8 Å². The van der Waals surface area contributed by atoms with Crippen molar-refractivity contribution in [3.8, 4) is 0 Å². The van der Waals surface area contributed by atoms with Crippen molar-refractivity contribution in [2.45, 2.75) is 162 Å². The van der Waals surface area contributed by atoms with Gasteiger partial charge in [-0.05, 0) is 26.2 Å². The number of ether oxygens (including phenoxy) is 1. The summed E-state index contributed by atoms with van der Waals surface area (Å²) in [6, 6.07) is 0. The summed E-state index contributed by atoms with van der Waals surface area (Å²) in [5, 5.41) is 0. The van der Waals surface area contributed by atoms with Crippen LogP contribution in [-0.2, 0) is 9.53 Å². The minimum atomic E-state index is 0.0153. The van der Waals surface area contributed by atoms with Crippen LogP contribution in [0.3, 0.4) is 0 Å². The van der Waals surface area contributed by atoms with Gasteiger partial charge in [0.05, 0.1) is 6.10 Å². The van der Waals surface area contributed by atoms with Crippen LogP contribution in [0.4, 0.5) is 0 Å². The van der Waals surface area contributed by atoms with E-state index >= 15 is 0 Å². The quantitative estimate of drug-likeness (QED) is 0.135. The number of unbranched alkanes of at least 4 members (excludes halogenated alkanes) is 17. The van der Waals surface area contributed by atoms with Crippen LogP contribution < -0.4 is 0 Å². The third-order valence-corrected chi connectivity index (χ3v) is 5.78. The van der Waals surface area contributed by atoms with Gasteiger partial charge in [-0.15, -0.1) is 0 Å². The summed E-state index contributed by atoms with van der Waals surface area (Å²) in [5.41, 5.74) is 0. The Balaban J connectivity index is 3.27. The number of esters is 1. The van der Waals surface area contributed by atoms with Crippen LogP contribution in [0.5, 0.6) is 0 Å². The smallest absolute Gasteiger partial charge is 0.306 e. The molecule has 0 aliphatic rings. The Labute approximate surface area is 177 Å². The molecule has 0 amide bonds. The van der Waals surface area contributed by atoms with E-state index in [9.17, 15) is 4.79 Å². The Morgan fingerprint density at radius 2 is 0.929 bits per heavy atom. The normalized spacial score (nSPS) is 12.2. The Morgan fingerprint density at radius 1 is 0.571 bits per heavy atom. The molecule has 0 aromatic rings. The highest BCUT2D eigenvalue weighted by Crippen LogP contribution is 2.14. The minimum absolute atomic E-state index is 0.0153. The van der Waals surface area contributed by atoms with Crippen molar-refractivity contribution in [3.05, 3.63) is 0 Å². The first kappa shape index (κ1) is 27.5. The highest BCUT2D eigenvalue weighted by atomic mass is 16.5. The lowest BCUT2D eigenvalue weighted by Gasteiger charge is -2.13. The fourth-order valence-electron chi connectivity index (χ4n) is 3.84.